The second-order valence-corrected chi connectivity index (χ2v) is 16.2. The Hall–Kier alpha value is -9.07. The van der Waals surface area contributed by atoms with Gasteiger partial charge in [-0.25, -0.2) is 24.9 Å². The van der Waals surface area contributed by atoms with Crippen molar-refractivity contribution in [2.45, 2.75) is 0 Å². The number of imidazole rings is 2. The van der Waals surface area contributed by atoms with Crippen molar-refractivity contribution < 1.29 is 0 Å². The second-order valence-electron chi connectivity index (χ2n) is 16.2. The van der Waals surface area contributed by atoms with E-state index in [0.29, 0.717) is 17.5 Å². The highest BCUT2D eigenvalue weighted by Crippen LogP contribution is 2.34. The molecule has 0 amide bonds. The largest absolute Gasteiger partial charge is 0.292 e. The van der Waals surface area contributed by atoms with Crippen LogP contribution in [0.4, 0.5) is 0 Å². The van der Waals surface area contributed by atoms with Crippen molar-refractivity contribution in [3.63, 3.8) is 0 Å². The van der Waals surface area contributed by atoms with E-state index in [1.54, 1.807) is 0 Å². The van der Waals surface area contributed by atoms with Crippen LogP contribution in [0.25, 0.3) is 113 Å². The van der Waals surface area contributed by atoms with Crippen LogP contribution in [0.15, 0.2) is 237 Å². The number of fused-ring (bicyclic) bond motifs is 2. The summed E-state index contributed by atoms with van der Waals surface area (Å²) < 4.78 is 4.45. The Morgan fingerprint density at radius 3 is 0.848 bits per heavy atom. The Labute approximate surface area is 381 Å². The summed E-state index contributed by atoms with van der Waals surface area (Å²) in [7, 11) is 0. The molecule has 3 aromatic heterocycles. The van der Waals surface area contributed by atoms with E-state index in [4.69, 9.17) is 24.9 Å². The molecule has 0 radical (unpaired) electrons. The van der Waals surface area contributed by atoms with E-state index in [0.717, 1.165) is 95.2 Å². The lowest BCUT2D eigenvalue weighted by Gasteiger charge is -2.11. The standard InChI is InChI=1S/C59H39N7/c1-4-14-44(15-5-1)55-62-56(45-32-24-40(25-33-45)42-28-36-47(37-29-42)58-60-51-20-10-12-22-53(51)65(58)49-16-6-2-7-17-49)64-57(63-55)46-34-26-41(27-35-46)43-30-38-48(39-31-43)59-61-52-21-11-13-23-54(52)66(59)50-18-8-3-9-19-50/h1-39H. The van der Waals surface area contributed by atoms with Gasteiger partial charge in [-0.05, 0) is 70.8 Å². The van der Waals surface area contributed by atoms with Gasteiger partial charge in [-0.2, -0.15) is 0 Å². The van der Waals surface area contributed by atoms with Crippen molar-refractivity contribution in [2.75, 3.05) is 0 Å². The van der Waals surface area contributed by atoms with E-state index < -0.39 is 0 Å². The molecule has 3 heterocycles. The summed E-state index contributed by atoms with van der Waals surface area (Å²) in [5.74, 6) is 3.66. The first-order valence-electron chi connectivity index (χ1n) is 22.0. The summed E-state index contributed by atoms with van der Waals surface area (Å²) in [5, 5.41) is 0. The molecule has 0 aliphatic rings. The number of hydrogen-bond donors (Lipinski definition) is 0. The van der Waals surface area contributed by atoms with Crippen LogP contribution < -0.4 is 0 Å². The molecule has 7 heteroatoms. The van der Waals surface area contributed by atoms with E-state index >= 15 is 0 Å². The molecule has 0 atom stereocenters. The van der Waals surface area contributed by atoms with Gasteiger partial charge >= 0.3 is 0 Å². The molecule has 0 unspecified atom stereocenters. The number of rotatable bonds is 9. The van der Waals surface area contributed by atoms with Gasteiger partial charge in [0.05, 0.1) is 22.1 Å². The zero-order valence-corrected chi connectivity index (χ0v) is 35.6. The molecule has 12 rings (SSSR count). The highest BCUT2D eigenvalue weighted by atomic mass is 15.1. The van der Waals surface area contributed by atoms with Gasteiger partial charge in [-0.1, -0.05) is 188 Å². The molecule has 0 saturated heterocycles. The van der Waals surface area contributed by atoms with Gasteiger partial charge in [0, 0.05) is 39.2 Å². The molecule has 7 nitrogen and oxygen atoms in total. The van der Waals surface area contributed by atoms with Crippen molar-refractivity contribution in [3.05, 3.63) is 237 Å². The van der Waals surface area contributed by atoms with E-state index in [-0.39, 0.29) is 0 Å². The lowest BCUT2D eigenvalue weighted by atomic mass is 10.0. The third kappa shape index (κ3) is 7.20. The first-order chi connectivity index (χ1) is 32.7. The van der Waals surface area contributed by atoms with Gasteiger partial charge in [0.25, 0.3) is 0 Å². The molecule has 310 valence electrons. The van der Waals surface area contributed by atoms with Gasteiger partial charge in [0.1, 0.15) is 11.6 Å². The number of hydrogen-bond acceptors (Lipinski definition) is 5. The highest BCUT2D eigenvalue weighted by Gasteiger charge is 2.17. The monoisotopic (exact) mass is 845 g/mol. The summed E-state index contributed by atoms with van der Waals surface area (Å²) in [5.41, 5.74) is 15.5. The predicted octanol–water partition coefficient (Wildman–Crippen LogP) is 14.2. The van der Waals surface area contributed by atoms with E-state index in [2.05, 4.69) is 191 Å². The lowest BCUT2D eigenvalue weighted by molar-refractivity contribution is 1.07. The third-order valence-corrected chi connectivity index (χ3v) is 12.1. The fraction of sp³-hybridized carbons (Fsp3) is 0. The molecular weight excluding hydrogens is 807 g/mol. The maximum Gasteiger partial charge on any atom is 0.164 e. The summed E-state index contributed by atoms with van der Waals surface area (Å²) in [6.07, 6.45) is 0. The van der Waals surface area contributed by atoms with Crippen molar-refractivity contribution in [1.29, 1.82) is 0 Å². The molecule has 66 heavy (non-hydrogen) atoms. The van der Waals surface area contributed by atoms with E-state index in [9.17, 15) is 0 Å². The van der Waals surface area contributed by atoms with Crippen LogP contribution >= 0.6 is 0 Å². The molecule has 0 bridgehead atoms. The van der Waals surface area contributed by atoms with Crippen LogP contribution in [0.3, 0.4) is 0 Å². The maximum atomic E-state index is 5.06. The van der Waals surface area contributed by atoms with Crippen LogP contribution in [0.2, 0.25) is 0 Å². The maximum absolute atomic E-state index is 5.06. The fourth-order valence-corrected chi connectivity index (χ4v) is 8.71. The Balaban J connectivity index is 0.828. The summed E-state index contributed by atoms with van der Waals surface area (Å²) >= 11 is 0. The van der Waals surface area contributed by atoms with E-state index in [1.165, 1.54) is 0 Å². The highest BCUT2D eigenvalue weighted by molar-refractivity contribution is 5.85. The Morgan fingerprint density at radius 1 is 0.212 bits per heavy atom. The van der Waals surface area contributed by atoms with Crippen LogP contribution in [0, 0.1) is 0 Å². The molecular formula is C59H39N7. The van der Waals surface area contributed by atoms with Crippen molar-refractivity contribution in [1.82, 2.24) is 34.1 Å². The zero-order chi connectivity index (χ0) is 43.8. The van der Waals surface area contributed by atoms with E-state index in [1.807, 2.05) is 54.6 Å². The van der Waals surface area contributed by atoms with Crippen molar-refractivity contribution in [3.8, 4) is 90.6 Å². The summed E-state index contributed by atoms with van der Waals surface area (Å²) in [6.45, 7) is 0. The van der Waals surface area contributed by atoms with Gasteiger partial charge in [0.2, 0.25) is 0 Å². The SMILES string of the molecule is c1ccc(-c2nc(-c3ccc(-c4ccc(-c5nc6ccccc6n5-c5ccccc5)cc4)cc3)nc(-c3ccc(-c4ccc(-c5nc6ccccc6n5-c5ccccc5)cc4)cc3)n2)cc1. The molecule has 0 spiro atoms. The second kappa shape index (κ2) is 16.6. The minimum absolute atomic E-state index is 0.613. The van der Waals surface area contributed by atoms with Crippen LogP contribution in [-0.2, 0) is 0 Å². The summed E-state index contributed by atoms with van der Waals surface area (Å²) in [6, 6.07) is 81.6. The van der Waals surface area contributed by atoms with Gasteiger partial charge in [-0.3, -0.25) is 9.13 Å². The Bertz CT molecular complexity index is 3420. The number of benzene rings is 9. The number of aromatic nitrogens is 7. The lowest BCUT2D eigenvalue weighted by Crippen LogP contribution is -2.00. The first kappa shape index (κ1) is 38.6. The minimum Gasteiger partial charge on any atom is -0.292 e. The number of para-hydroxylation sites is 6. The predicted molar refractivity (Wildman–Crippen MR) is 267 cm³/mol. The third-order valence-electron chi connectivity index (χ3n) is 12.1. The minimum atomic E-state index is 0.613. The molecule has 9 aromatic carbocycles. The molecule has 0 aliphatic heterocycles. The molecule has 0 saturated carbocycles. The Morgan fingerprint density at radius 2 is 0.485 bits per heavy atom. The van der Waals surface area contributed by atoms with Crippen LogP contribution in [0.5, 0.6) is 0 Å². The molecule has 0 fully saturated rings. The molecule has 0 aliphatic carbocycles. The zero-order valence-electron chi connectivity index (χ0n) is 35.6. The van der Waals surface area contributed by atoms with Crippen LogP contribution in [-0.4, -0.2) is 34.1 Å². The molecule has 12 aromatic rings. The quantitative estimate of drug-likeness (QED) is 0.145. The fourth-order valence-electron chi connectivity index (χ4n) is 8.71. The van der Waals surface area contributed by atoms with Crippen LogP contribution in [0.1, 0.15) is 0 Å². The van der Waals surface area contributed by atoms with Gasteiger partial charge in [-0.15, -0.1) is 0 Å². The van der Waals surface area contributed by atoms with Gasteiger partial charge in [0.15, 0.2) is 17.5 Å². The summed E-state index contributed by atoms with van der Waals surface area (Å²) in [4.78, 5) is 25.2. The molecule has 0 N–H and O–H groups in total. The van der Waals surface area contributed by atoms with Crippen molar-refractivity contribution in [2.24, 2.45) is 0 Å². The van der Waals surface area contributed by atoms with Gasteiger partial charge < -0.3 is 0 Å². The Kier molecular flexibility index (Phi) is 9.69. The number of nitrogens with zero attached hydrogens (tertiary/aromatic N) is 7. The average molecular weight is 846 g/mol. The smallest absolute Gasteiger partial charge is 0.164 e. The van der Waals surface area contributed by atoms with Crippen molar-refractivity contribution >= 4 is 22.1 Å². The first-order valence-corrected chi connectivity index (χ1v) is 22.0. The normalized spacial score (nSPS) is 11.3. The average Bonchev–Trinajstić information content (AvgIpc) is 3.99. The topological polar surface area (TPSA) is 74.3 Å².